The van der Waals surface area contributed by atoms with Gasteiger partial charge in [0.1, 0.15) is 5.75 Å². The summed E-state index contributed by atoms with van der Waals surface area (Å²) in [5.74, 6) is 0.921. The molecule has 0 atom stereocenters. The van der Waals surface area contributed by atoms with Crippen molar-refractivity contribution in [2.75, 3.05) is 6.61 Å². The molecule has 0 unspecified atom stereocenters. The SMILES string of the molecule is CCCO[Si](C)(C)Oc1ccc(CC)cc1. The Labute approximate surface area is 99.8 Å². The molecule has 0 aromatic heterocycles. The fourth-order valence-electron chi connectivity index (χ4n) is 1.45. The van der Waals surface area contributed by atoms with Crippen LogP contribution in [0.25, 0.3) is 0 Å². The minimum Gasteiger partial charge on any atom is -0.520 e. The van der Waals surface area contributed by atoms with Crippen LogP contribution in [0.1, 0.15) is 25.8 Å². The molecule has 0 aliphatic heterocycles. The number of rotatable bonds is 6. The van der Waals surface area contributed by atoms with E-state index < -0.39 is 8.56 Å². The minimum absolute atomic E-state index is 0.784. The third-order valence-electron chi connectivity index (χ3n) is 2.35. The van der Waals surface area contributed by atoms with E-state index in [2.05, 4.69) is 39.1 Å². The van der Waals surface area contributed by atoms with E-state index >= 15 is 0 Å². The van der Waals surface area contributed by atoms with E-state index in [9.17, 15) is 0 Å². The van der Waals surface area contributed by atoms with Crippen molar-refractivity contribution in [3.05, 3.63) is 29.8 Å². The Bertz CT molecular complexity index is 306. The first-order valence-electron chi connectivity index (χ1n) is 5.99. The molecule has 0 N–H and O–H groups in total. The van der Waals surface area contributed by atoms with Crippen LogP contribution in [0.2, 0.25) is 13.1 Å². The van der Waals surface area contributed by atoms with Gasteiger partial charge in [-0.25, -0.2) is 0 Å². The van der Waals surface area contributed by atoms with Gasteiger partial charge in [-0.15, -0.1) is 0 Å². The molecule has 0 aliphatic rings. The molecule has 0 saturated heterocycles. The zero-order valence-corrected chi connectivity index (χ0v) is 11.7. The second-order valence-electron chi connectivity index (χ2n) is 4.35. The first kappa shape index (κ1) is 13.3. The van der Waals surface area contributed by atoms with Gasteiger partial charge in [-0.1, -0.05) is 26.0 Å². The summed E-state index contributed by atoms with van der Waals surface area (Å²) in [5.41, 5.74) is 1.33. The monoisotopic (exact) mass is 238 g/mol. The van der Waals surface area contributed by atoms with Gasteiger partial charge in [0, 0.05) is 6.61 Å². The zero-order chi connectivity index (χ0) is 12.0. The quantitative estimate of drug-likeness (QED) is 0.703. The molecule has 0 bridgehead atoms. The molecule has 1 aromatic carbocycles. The smallest absolute Gasteiger partial charge is 0.392 e. The predicted molar refractivity (Wildman–Crippen MR) is 70.2 cm³/mol. The molecule has 16 heavy (non-hydrogen) atoms. The predicted octanol–water partition coefficient (Wildman–Crippen LogP) is 3.76. The topological polar surface area (TPSA) is 18.5 Å². The maximum atomic E-state index is 5.92. The van der Waals surface area contributed by atoms with Gasteiger partial charge >= 0.3 is 8.56 Å². The molecular formula is C13H22O2Si. The molecule has 2 nitrogen and oxygen atoms in total. The number of aryl methyl sites for hydroxylation is 1. The molecule has 1 rings (SSSR count). The molecule has 0 saturated carbocycles. The van der Waals surface area contributed by atoms with Crippen molar-refractivity contribution < 1.29 is 8.85 Å². The molecule has 0 heterocycles. The Kier molecular flexibility index (Phi) is 5.02. The highest BCUT2D eigenvalue weighted by Gasteiger charge is 2.26. The summed E-state index contributed by atoms with van der Waals surface area (Å²) in [6, 6.07) is 8.28. The lowest BCUT2D eigenvalue weighted by molar-refractivity contribution is 0.248. The van der Waals surface area contributed by atoms with Crippen molar-refractivity contribution in [3.8, 4) is 5.75 Å². The number of hydrogen-bond donors (Lipinski definition) is 0. The molecule has 0 aliphatic carbocycles. The van der Waals surface area contributed by atoms with Crippen molar-refractivity contribution in [2.45, 2.75) is 39.8 Å². The normalized spacial score (nSPS) is 11.5. The fraction of sp³-hybridized carbons (Fsp3) is 0.538. The van der Waals surface area contributed by atoms with Crippen LogP contribution in [0.15, 0.2) is 24.3 Å². The molecule has 0 spiro atoms. The Hall–Kier alpha value is -0.803. The van der Waals surface area contributed by atoms with Crippen LogP contribution in [0.4, 0.5) is 0 Å². The van der Waals surface area contributed by atoms with Gasteiger partial charge in [0.2, 0.25) is 0 Å². The van der Waals surface area contributed by atoms with E-state index in [1.165, 1.54) is 5.56 Å². The lowest BCUT2D eigenvalue weighted by atomic mass is 10.2. The first-order valence-corrected chi connectivity index (χ1v) is 8.81. The summed E-state index contributed by atoms with van der Waals surface area (Å²) in [5, 5.41) is 0. The van der Waals surface area contributed by atoms with E-state index in [1.54, 1.807) is 0 Å². The van der Waals surface area contributed by atoms with Gasteiger partial charge < -0.3 is 8.85 Å². The highest BCUT2D eigenvalue weighted by Crippen LogP contribution is 2.18. The van der Waals surface area contributed by atoms with Crippen molar-refractivity contribution >= 4 is 8.56 Å². The lowest BCUT2D eigenvalue weighted by Crippen LogP contribution is -2.38. The highest BCUT2D eigenvalue weighted by atomic mass is 28.4. The average Bonchev–Trinajstić information content (AvgIpc) is 2.27. The van der Waals surface area contributed by atoms with E-state index in [4.69, 9.17) is 8.85 Å². The Morgan fingerprint density at radius 2 is 1.69 bits per heavy atom. The molecule has 1 aromatic rings. The minimum atomic E-state index is -1.99. The van der Waals surface area contributed by atoms with E-state index in [-0.39, 0.29) is 0 Å². The standard InChI is InChI=1S/C13H22O2Si/c1-5-11-14-16(3,4)15-13-9-7-12(6-2)8-10-13/h7-10H,5-6,11H2,1-4H3. The van der Waals surface area contributed by atoms with Crippen LogP contribution in [0.3, 0.4) is 0 Å². The van der Waals surface area contributed by atoms with E-state index in [0.717, 1.165) is 25.2 Å². The summed E-state index contributed by atoms with van der Waals surface area (Å²) in [7, 11) is -1.99. The molecule has 0 fully saturated rings. The van der Waals surface area contributed by atoms with Gasteiger partial charge in [-0.2, -0.15) is 0 Å². The summed E-state index contributed by atoms with van der Waals surface area (Å²) >= 11 is 0. The van der Waals surface area contributed by atoms with Gasteiger partial charge in [0.25, 0.3) is 0 Å². The summed E-state index contributed by atoms with van der Waals surface area (Å²) in [4.78, 5) is 0. The van der Waals surface area contributed by atoms with Crippen LogP contribution in [0.5, 0.6) is 5.75 Å². The second-order valence-corrected chi connectivity index (χ2v) is 7.64. The molecule has 90 valence electrons. The third-order valence-corrected chi connectivity index (χ3v) is 3.98. The largest absolute Gasteiger partial charge is 0.520 e. The molecular weight excluding hydrogens is 216 g/mol. The number of benzene rings is 1. The van der Waals surface area contributed by atoms with Crippen molar-refractivity contribution in [1.82, 2.24) is 0 Å². The van der Waals surface area contributed by atoms with Crippen LogP contribution in [-0.2, 0) is 10.8 Å². The molecule has 0 radical (unpaired) electrons. The summed E-state index contributed by atoms with van der Waals surface area (Å²) < 4.78 is 11.7. The van der Waals surface area contributed by atoms with Gasteiger partial charge in [-0.3, -0.25) is 0 Å². The zero-order valence-electron chi connectivity index (χ0n) is 10.7. The summed E-state index contributed by atoms with van der Waals surface area (Å²) in [6.07, 6.45) is 2.10. The van der Waals surface area contributed by atoms with Crippen molar-refractivity contribution in [1.29, 1.82) is 0 Å². The second kappa shape index (κ2) is 6.06. The lowest BCUT2D eigenvalue weighted by Gasteiger charge is -2.23. The van der Waals surface area contributed by atoms with Gasteiger partial charge in [0.15, 0.2) is 0 Å². The third kappa shape index (κ3) is 4.37. The van der Waals surface area contributed by atoms with E-state index in [1.807, 2.05) is 12.1 Å². The molecule has 0 amide bonds. The average molecular weight is 238 g/mol. The summed E-state index contributed by atoms with van der Waals surface area (Å²) in [6.45, 7) is 9.21. The van der Waals surface area contributed by atoms with Crippen LogP contribution in [-0.4, -0.2) is 15.2 Å². The van der Waals surface area contributed by atoms with Crippen LogP contribution in [0, 0.1) is 0 Å². The van der Waals surface area contributed by atoms with Crippen molar-refractivity contribution in [3.63, 3.8) is 0 Å². The highest BCUT2D eigenvalue weighted by molar-refractivity contribution is 6.65. The van der Waals surface area contributed by atoms with Gasteiger partial charge in [0.05, 0.1) is 0 Å². The van der Waals surface area contributed by atoms with E-state index in [0.29, 0.717) is 0 Å². The molecule has 3 heteroatoms. The Morgan fingerprint density at radius 1 is 1.06 bits per heavy atom. The van der Waals surface area contributed by atoms with Crippen molar-refractivity contribution in [2.24, 2.45) is 0 Å². The first-order chi connectivity index (χ1) is 7.57. The number of hydrogen-bond acceptors (Lipinski definition) is 2. The Balaban J connectivity index is 2.57. The maximum Gasteiger partial charge on any atom is 0.392 e. The Morgan fingerprint density at radius 3 is 2.19 bits per heavy atom. The van der Waals surface area contributed by atoms with Gasteiger partial charge in [-0.05, 0) is 43.6 Å². The van der Waals surface area contributed by atoms with Crippen LogP contribution >= 0.6 is 0 Å². The fourth-order valence-corrected chi connectivity index (χ4v) is 2.91. The van der Waals surface area contributed by atoms with Crippen LogP contribution < -0.4 is 4.43 Å². The maximum absolute atomic E-state index is 5.92.